The number of halogens is 1. The number of hydrogen-bond acceptors (Lipinski definition) is 6. The Kier molecular flexibility index (Phi) is 5.24. The minimum atomic E-state index is -1.07. The van der Waals surface area contributed by atoms with E-state index in [9.17, 15) is 14.6 Å². The highest BCUT2D eigenvalue weighted by Crippen LogP contribution is 2.36. The lowest BCUT2D eigenvalue weighted by Gasteiger charge is -2.21. The molecule has 2 N–H and O–H groups in total. The number of fused-ring (bicyclic) bond motifs is 1. The van der Waals surface area contributed by atoms with Crippen molar-refractivity contribution in [1.82, 2.24) is 19.4 Å². The van der Waals surface area contributed by atoms with Crippen LogP contribution in [0.3, 0.4) is 0 Å². The molecule has 8 heteroatoms. The van der Waals surface area contributed by atoms with Crippen LogP contribution in [0.1, 0.15) is 23.7 Å². The summed E-state index contributed by atoms with van der Waals surface area (Å²) in [6.45, 7) is 2.40. The van der Waals surface area contributed by atoms with E-state index in [0.717, 1.165) is 11.1 Å². The summed E-state index contributed by atoms with van der Waals surface area (Å²) in [6.07, 6.45) is 1.04. The predicted molar refractivity (Wildman–Crippen MR) is 106 cm³/mol. The zero-order valence-electron chi connectivity index (χ0n) is 16.7. The molecule has 0 amide bonds. The Morgan fingerprint density at radius 2 is 2.00 bits per heavy atom. The van der Waals surface area contributed by atoms with Gasteiger partial charge in [-0.1, -0.05) is 0 Å². The smallest absolute Gasteiger partial charge is 0.143 e. The van der Waals surface area contributed by atoms with Gasteiger partial charge in [-0.05, 0) is 45.3 Å². The van der Waals surface area contributed by atoms with Gasteiger partial charge in [-0.15, -0.1) is 0 Å². The molecule has 7 nitrogen and oxygen atoms in total. The van der Waals surface area contributed by atoms with E-state index in [2.05, 4.69) is 9.97 Å². The molecule has 0 saturated heterocycles. The molecule has 2 aromatic heterocycles. The molecule has 1 aliphatic rings. The van der Waals surface area contributed by atoms with E-state index in [1.54, 1.807) is 6.07 Å². The highest BCUT2D eigenvalue weighted by atomic mass is 19.1. The molecular formula is C21H25FN4O3. The van der Waals surface area contributed by atoms with Crippen molar-refractivity contribution in [2.75, 3.05) is 14.1 Å². The van der Waals surface area contributed by atoms with Crippen molar-refractivity contribution in [3.63, 3.8) is 0 Å². The van der Waals surface area contributed by atoms with E-state index < -0.39 is 18.3 Å². The summed E-state index contributed by atoms with van der Waals surface area (Å²) >= 11 is 0. The Morgan fingerprint density at radius 3 is 2.76 bits per heavy atom. The summed E-state index contributed by atoms with van der Waals surface area (Å²) in [5, 5.41) is 22.2. The number of aromatic nitrogens is 3. The Hall–Kier alpha value is -2.55. The van der Waals surface area contributed by atoms with Crippen molar-refractivity contribution in [2.45, 2.75) is 44.2 Å². The zero-order valence-corrected chi connectivity index (χ0v) is 16.7. The van der Waals surface area contributed by atoms with Gasteiger partial charge in [0.25, 0.3) is 0 Å². The molecule has 0 bridgehead atoms. The minimum Gasteiger partial charge on any atom is -0.487 e. The SMILES string of the molecule is Cc1ncnc2c1ccn2C1CC(Oc2ccc(F)cc2CN(C)C)[C@@H](O)[C@H]1O. The van der Waals surface area contributed by atoms with Gasteiger partial charge in [0, 0.05) is 30.1 Å². The predicted octanol–water partition coefficient (Wildman–Crippen LogP) is 2.05. The van der Waals surface area contributed by atoms with E-state index in [0.29, 0.717) is 29.9 Å². The third kappa shape index (κ3) is 3.71. The molecule has 4 atom stereocenters. The lowest BCUT2D eigenvalue weighted by molar-refractivity contribution is -0.0167. The first-order chi connectivity index (χ1) is 13.8. The molecule has 0 radical (unpaired) electrons. The zero-order chi connectivity index (χ0) is 20.7. The van der Waals surface area contributed by atoms with Gasteiger partial charge >= 0.3 is 0 Å². The molecule has 1 aliphatic carbocycles. The molecule has 1 aromatic carbocycles. The highest BCUT2D eigenvalue weighted by Gasteiger charge is 2.44. The Morgan fingerprint density at radius 1 is 1.21 bits per heavy atom. The second-order valence-corrected chi connectivity index (χ2v) is 7.85. The van der Waals surface area contributed by atoms with E-state index in [-0.39, 0.29) is 11.9 Å². The first kappa shape index (κ1) is 19.8. The van der Waals surface area contributed by atoms with E-state index in [1.165, 1.54) is 18.5 Å². The first-order valence-electron chi connectivity index (χ1n) is 9.59. The first-order valence-corrected chi connectivity index (χ1v) is 9.59. The standard InChI is InChI=1S/C21H25FN4O3/c1-12-15-6-7-26(21(15)24-11-23-12)16-9-18(20(28)19(16)27)29-17-5-4-14(22)8-13(17)10-25(2)3/h4-8,11,16,18-20,27-28H,9-10H2,1-3H3/t16?,18?,19-,20+/m0/s1. The normalized spacial score (nSPS) is 24.5. The van der Waals surface area contributed by atoms with Crippen LogP contribution in [-0.4, -0.2) is 62.1 Å². The van der Waals surface area contributed by atoms with E-state index >= 15 is 0 Å². The summed E-state index contributed by atoms with van der Waals surface area (Å²) < 4.78 is 21.6. The van der Waals surface area contributed by atoms with Crippen molar-refractivity contribution in [3.05, 3.63) is 53.9 Å². The maximum atomic E-state index is 13.7. The molecule has 29 heavy (non-hydrogen) atoms. The van der Waals surface area contributed by atoms with Gasteiger partial charge in [0.15, 0.2) is 0 Å². The molecule has 2 heterocycles. The summed E-state index contributed by atoms with van der Waals surface area (Å²) in [6, 6.07) is 5.86. The third-order valence-corrected chi connectivity index (χ3v) is 5.45. The number of ether oxygens (including phenoxy) is 1. The van der Waals surface area contributed by atoms with Crippen LogP contribution in [0.5, 0.6) is 5.75 Å². The van der Waals surface area contributed by atoms with Gasteiger partial charge in [0.05, 0.1) is 11.7 Å². The molecule has 154 valence electrons. The van der Waals surface area contributed by atoms with Crippen LogP contribution in [0.4, 0.5) is 4.39 Å². The lowest BCUT2D eigenvalue weighted by atomic mass is 10.1. The number of aliphatic hydroxyl groups excluding tert-OH is 2. The fraction of sp³-hybridized carbons (Fsp3) is 0.429. The van der Waals surface area contributed by atoms with Gasteiger partial charge in [-0.2, -0.15) is 0 Å². The molecule has 1 fully saturated rings. The average Bonchev–Trinajstić information content (AvgIpc) is 3.21. The van der Waals surface area contributed by atoms with Crippen molar-refractivity contribution in [2.24, 2.45) is 0 Å². The fourth-order valence-electron chi connectivity index (χ4n) is 4.02. The number of aryl methyl sites for hydroxylation is 1. The Labute approximate surface area is 168 Å². The molecule has 0 spiro atoms. The van der Waals surface area contributed by atoms with Gasteiger partial charge < -0.3 is 24.4 Å². The summed E-state index contributed by atoms with van der Waals surface area (Å²) in [5.41, 5.74) is 2.26. The van der Waals surface area contributed by atoms with Crippen LogP contribution < -0.4 is 4.74 Å². The molecule has 1 saturated carbocycles. The van der Waals surface area contributed by atoms with Gasteiger partial charge in [0.1, 0.15) is 41.9 Å². The lowest BCUT2D eigenvalue weighted by Crippen LogP contribution is -2.34. The van der Waals surface area contributed by atoms with Crippen LogP contribution in [0.15, 0.2) is 36.8 Å². The largest absolute Gasteiger partial charge is 0.487 e. The number of hydrogen-bond donors (Lipinski definition) is 2. The third-order valence-electron chi connectivity index (χ3n) is 5.45. The Balaban J connectivity index is 1.60. The second-order valence-electron chi connectivity index (χ2n) is 7.85. The number of benzene rings is 1. The van der Waals surface area contributed by atoms with Crippen molar-refractivity contribution >= 4 is 11.0 Å². The van der Waals surface area contributed by atoms with Crippen LogP contribution in [0.25, 0.3) is 11.0 Å². The summed E-state index contributed by atoms with van der Waals surface area (Å²) in [7, 11) is 3.78. The molecule has 2 unspecified atom stereocenters. The highest BCUT2D eigenvalue weighted by molar-refractivity contribution is 5.78. The maximum absolute atomic E-state index is 13.7. The van der Waals surface area contributed by atoms with E-state index in [4.69, 9.17) is 4.74 Å². The molecule has 3 aromatic rings. The fourth-order valence-corrected chi connectivity index (χ4v) is 4.02. The van der Waals surface area contributed by atoms with Crippen molar-refractivity contribution in [3.8, 4) is 5.75 Å². The van der Waals surface area contributed by atoms with Crippen LogP contribution in [0, 0.1) is 12.7 Å². The van der Waals surface area contributed by atoms with Gasteiger partial charge in [0.2, 0.25) is 0 Å². The number of rotatable bonds is 5. The molecule has 0 aliphatic heterocycles. The quantitative estimate of drug-likeness (QED) is 0.682. The second kappa shape index (κ2) is 7.70. The molecular weight excluding hydrogens is 375 g/mol. The van der Waals surface area contributed by atoms with Crippen molar-refractivity contribution in [1.29, 1.82) is 0 Å². The number of nitrogens with zero attached hydrogens (tertiary/aromatic N) is 4. The summed E-state index contributed by atoms with van der Waals surface area (Å²) in [5.74, 6) is 0.167. The summed E-state index contributed by atoms with van der Waals surface area (Å²) in [4.78, 5) is 10.5. The number of aliphatic hydroxyl groups is 2. The maximum Gasteiger partial charge on any atom is 0.143 e. The van der Waals surface area contributed by atoms with Crippen LogP contribution in [-0.2, 0) is 6.54 Å². The van der Waals surface area contributed by atoms with Gasteiger partial charge in [-0.25, -0.2) is 14.4 Å². The van der Waals surface area contributed by atoms with Gasteiger partial charge in [-0.3, -0.25) is 0 Å². The van der Waals surface area contributed by atoms with Crippen LogP contribution >= 0.6 is 0 Å². The molecule has 4 rings (SSSR count). The Bertz CT molecular complexity index is 1020. The van der Waals surface area contributed by atoms with Crippen molar-refractivity contribution < 1.29 is 19.3 Å². The minimum absolute atomic E-state index is 0.340. The monoisotopic (exact) mass is 400 g/mol. The topological polar surface area (TPSA) is 83.6 Å². The van der Waals surface area contributed by atoms with Crippen LogP contribution in [0.2, 0.25) is 0 Å². The average molecular weight is 400 g/mol. The van der Waals surface area contributed by atoms with E-state index in [1.807, 2.05) is 42.7 Å².